The average molecular weight is 336 g/mol. The smallest absolute Gasteiger partial charge is 0.119 e. The predicted molar refractivity (Wildman–Crippen MR) is 104 cm³/mol. The lowest BCUT2D eigenvalue weighted by Gasteiger charge is -2.12. The zero-order chi connectivity index (χ0) is 17.9. The van der Waals surface area contributed by atoms with Crippen molar-refractivity contribution in [3.05, 3.63) is 84.4 Å². The standard InChI is InChI=1S/C23H16N2O/c1-26-19-11-12-22-21(13-19)20(17-5-3-2-4-6-17)14-23(25-22)18-9-7-16(15-24)8-10-18/h2-14H,1H3. The van der Waals surface area contributed by atoms with Crippen LogP contribution in [0.1, 0.15) is 5.56 Å². The molecule has 0 aliphatic rings. The number of aromatic nitrogens is 1. The number of nitriles is 1. The Kier molecular flexibility index (Phi) is 4.09. The Morgan fingerprint density at radius 2 is 1.62 bits per heavy atom. The van der Waals surface area contributed by atoms with Crippen LogP contribution in [0.3, 0.4) is 0 Å². The highest BCUT2D eigenvalue weighted by atomic mass is 16.5. The Bertz CT molecular complexity index is 1110. The maximum atomic E-state index is 9.01. The molecule has 3 nitrogen and oxygen atoms in total. The summed E-state index contributed by atoms with van der Waals surface area (Å²) < 4.78 is 5.40. The fourth-order valence-corrected chi connectivity index (χ4v) is 3.05. The Hall–Kier alpha value is -3.64. The summed E-state index contributed by atoms with van der Waals surface area (Å²) in [6.07, 6.45) is 0. The van der Waals surface area contributed by atoms with Crippen molar-refractivity contribution in [2.75, 3.05) is 7.11 Å². The number of pyridine rings is 1. The van der Waals surface area contributed by atoms with Gasteiger partial charge >= 0.3 is 0 Å². The van der Waals surface area contributed by atoms with Crippen molar-refractivity contribution in [2.24, 2.45) is 0 Å². The molecule has 3 aromatic carbocycles. The number of fused-ring (bicyclic) bond motifs is 1. The summed E-state index contributed by atoms with van der Waals surface area (Å²) in [5, 5.41) is 10.1. The zero-order valence-electron chi connectivity index (χ0n) is 14.3. The molecule has 1 heterocycles. The van der Waals surface area contributed by atoms with Crippen LogP contribution in [0.5, 0.6) is 5.75 Å². The lowest BCUT2D eigenvalue weighted by molar-refractivity contribution is 0.415. The molecule has 0 aliphatic carbocycles. The molecule has 0 atom stereocenters. The van der Waals surface area contributed by atoms with Crippen LogP contribution < -0.4 is 4.74 Å². The van der Waals surface area contributed by atoms with E-state index in [1.165, 1.54) is 0 Å². The second-order valence-corrected chi connectivity index (χ2v) is 5.99. The molecule has 124 valence electrons. The third kappa shape index (κ3) is 2.89. The van der Waals surface area contributed by atoms with E-state index in [0.29, 0.717) is 5.56 Å². The van der Waals surface area contributed by atoms with Gasteiger partial charge in [0.2, 0.25) is 0 Å². The molecule has 0 spiro atoms. The van der Waals surface area contributed by atoms with Gasteiger partial charge in [-0.3, -0.25) is 0 Å². The number of rotatable bonds is 3. The molecular formula is C23H16N2O. The van der Waals surface area contributed by atoms with Crippen molar-refractivity contribution in [3.63, 3.8) is 0 Å². The van der Waals surface area contributed by atoms with E-state index >= 15 is 0 Å². The first-order valence-electron chi connectivity index (χ1n) is 8.33. The highest BCUT2D eigenvalue weighted by Gasteiger charge is 2.10. The second kappa shape index (κ2) is 6.70. The molecule has 0 bridgehead atoms. The summed E-state index contributed by atoms with van der Waals surface area (Å²) in [7, 11) is 1.67. The van der Waals surface area contributed by atoms with E-state index in [1.54, 1.807) is 7.11 Å². The van der Waals surface area contributed by atoms with E-state index < -0.39 is 0 Å². The Labute approximate surface area is 152 Å². The summed E-state index contributed by atoms with van der Waals surface area (Å²) in [6.45, 7) is 0. The minimum atomic E-state index is 0.641. The van der Waals surface area contributed by atoms with Crippen LogP contribution in [0.15, 0.2) is 78.9 Å². The van der Waals surface area contributed by atoms with Crippen LogP contribution in [0.2, 0.25) is 0 Å². The molecule has 1 aromatic heterocycles. The predicted octanol–water partition coefficient (Wildman–Crippen LogP) is 5.45. The summed E-state index contributed by atoms with van der Waals surface area (Å²) in [5.74, 6) is 0.808. The molecule has 0 saturated heterocycles. The van der Waals surface area contributed by atoms with Gasteiger partial charge in [-0.25, -0.2) is 4.98 Å². The first kappa shape index (κ1) is 15.9. The fraction of sp³-hybridized carbons (Fsp3) is 0.0435. The van der Waals surface area contributed by atoms with E-state index in [-0.39, 0.29) is 0 Å². The van der Waals surface area contributed by atoms with Crippen LogP contribution in [0, 0.1) is 11.3 Å². The normalized spacial score (nSPS) is 10.5. The summed E-state index contributed by atoms with van der Waals surface area (Å²) in [5.41, 5.74) is 5.65. The number of nitrogens with zero attached hydrogens (tertiary/aromatic N) is 2. The van der Waals surface area contributed by atoms with Crippen molar-refractivity contribution in [2.45, 2.75) is 0 Å². The molecule has 0 aliphatic heterocycles. The molecule has 3 heteroatoms. The zero-order valence-corrected chi connectivity index (χ0v) is 14.3. The number of ether oxygens (including phenoxy) is 1. The number of methoxy groups -OCH3 is 1. The molecule has 0 radical (unpaired) electrons. The van der Waals surface area contributed by atoms with Gasteiger partial charge in [0.1, 0.15) is 5.75 Å². The number of hydrogen-bond acceptors (Lipinski definition) is 3. The largest absolute Gasteiger partial charge is 0.497 e. The molecule has 4 aromatic rings. The van der Waals surface area contributed by atoms with Gasteiger partial charge < -0.3 is 4.74 Å². The molecule has 0 unspecified atom stereocenters. The van der Waals surface area contributed by atoms with Crippen LogP contribution in [0.25, 0.3) is 33.3 Å². The Morgan fingerprint density at radius 3 is 2.31 bits per heavy atom. The third-order valence-corrected chi connectivity index (χ3v) is 4.41. The van der Waals surface area contributed by atoms with Gasteiger partial charge in [-0.2, -0.15) is 5.26 Å². The van der Waals surface area contributed by atoms with Crippen LogP contribution in [-0.2, 0) is 0 Å². The molecule has 0 amide bonds. The van der Waals surface area contributed by atoms with E-state index in [1.807, 2.05) is 60.7 Å². The summed E-state index contributed by atoms with van der Waals surface area (Å²) in [4.78, 5) is 4.82. The minimum absolute atomic E-state index is 0.641. The Morgan fingerprint density at radius 1 is 0.846 bits per heavy atom. The molecular weight excluding hydrogens is 320 g/mol. The van der Waals surface area contributed by atoms with E-state index in [2.05, 4.69) is 24.3 Å². The van der Waals surface area contributed by atoms with E-state index in [4.69, 9.17) is 15.0 Å². The second-order valence-electron chi connectivity index (χ2n) is 5.99. The third-order valence-electron chi connectivity index (χ3n) is 4.41. The topological polar surface area (TPSA) is 45.9 Å². The van der Waals surface area contributed by atoms with Gasteiger partial charge in [-0.1, -0.05) is 42.5 Å². The first-order chi connectivity index (χ1) is 12.8. The molecule has 0 saturated carbocycles. The van der Waals surface area contributed by atoms with Crippen molar-refractivity contribution in [1.29, 1.82) is 5.26 Å². The summed E-state index contributed by atoms with van der Waals surface area (Å²) in [6, 6.07) is 27.9. The lowest BCUT2D eigenvalue weighted by Crippen LogP contribution is -1.91. The monoisotopic (exact) mass is 336 g/mol. The molecule has 4 rings (SSSR count). The highest BCUT2D eigenvalue weighted by Crippen LogP contribution is 2.34. The van der Waals surface area contributed by atoms with Gasteiger partial charge in [0.05, 0.1) is 30.0 Å². The van der Waals surface area contributed by atoms with Crippen molar-refractivity contribution < 1.29 is 4.74 Å². The quantitative estimate of drug-likeness (QED) is 0.500. The maximum Gasteiger partial charge on any atom is 0.119 e. The average Bonchev–Trinajstić information content (AvgIpc) is 2.73. The molecule has 0 N–H and O–H groups in total. The highest BCUT2D eigenvalue weighted by molar-refractivity contribution is 5.97. The first-order valence-corrected chi connectivity index (χ1v) is 8.33. The minimum Gasteiger partial charge on any atom is -0.497 e. The van der Waals surface area contributed by atoms with Gasteiger partial charge in [-0.05, 0) is 47.5 Å². The lowest BCUT2D eigenvalue weighted by atomic mass is 9.98. The maximum absolute atomic E-state index is 9.01. The van der Waals surface area contributed by atoms with Gasteiger partial charge in [-0.15, -0.1) is 0 Å². The number of benzene rings is 3. The number of hydrogen-bond donors (Lipinski definition) is 0. The van der Waals surface area contributed by atoms with E-state index in [0.717, 1.165) is 39.0 Å². The van der Waals surface area contributed by atoms with Crippen LogP contribution >= 0.6 is 0 Å². The molecule has 0 fully saturated rings. The summed E-state index contributed by atoms with van der Waals surface area (Å²) >= 11 is 0. The van der Waals surface area contributed by atoms with E-state index in [9.17, 15) is 0 Å². The molecule has 26 heavy (non-hydrogen) atoms. The van der Waals surface area contributed by atoms with Crippen LogP contribution in [0.4, 0.5) is 0 Å². The SMILES string of the molecule is COc1ccc2nc(-c3ccc(C#N)cc3)cc(-c3ccccc3)c2c1. The van der Waals surface area contributed by atoms with Crippen molar-refractivity contribution >= 4 is 10.9 Å². The fourth-order valence-electron chi connectivity index (χ4n) is 3.05. The van der Waals surface area contributed by atoms with Crippen molar-refractivity contribution in [3.8, 4) is 34.2 Å². The van der Waals surface area contributed by atoms with Gasteiger partial charge in [0.15, 0.2) is 0 Å². The van der Waals surface area contributed by atoms with Crippen molar-refractivity contribution in [1.82, 2.24) is 4.98 Å². The van der Waals surface area contributed by atoms with Gasteiger partial charge in [0.25, 0.3) is 0 Å². The van der Waals surface area contributed by atoms with Gasteiger partial charge in [0, 0.05) is 10.9 Å². The van der Waals surface area contributed by atoms with Crippen LogP contribution in [-0.4, -0.2) is 12.1 Å². The Balaban J connectivity index is 1.97.